The van der Waals surface area contributed by atoms with Crippen LogP contribution in [0.1, 0.15) is 24.5 Å². The highest BCUT2D eigenvalue weighted by molar-refractivity contribution is 6.17. The van der Waals surface area contributed by atoms with E-state index in [1.807, 2.05) is 0 Å². The molecule has 0 fully saturated rings. The van der Waals surface area contributed by atoms with Crippen molar-refractivity contribution in [1.82, 2.24) is 4.98 Å². The molecule has 0 bridgehead atoms. The maximum atomic E-state index is 13.0. The third-order valence-corrected chi connectivity index (χ3v) is 2.04. The predicted molar refractivity (Wildman–Crippen MR) is 49.1 cm³/mol. The zero-order valence-corrected chi connectivity index (χ0v) is 7.84. The topological polar surface area (TPSA) is 33.1 Å². The highest BCUT2D eigenvalue weighted by Crippen LogP contribution is 2.20. The average Bonchev–Trinajstić information content (AvgIpc) is 2.15. The molecule has 0 aliphatic carbocycles. The first kappa shape index (κ1) is 10.4. The number of alkyl halides is 1. The zero-order valence-electron chi connectivity index (χ0n) is 7.08. The van der Waals surface area contributed by atoms with Gasteiger partial charge in [0.1, 0.15) is 5.82 Å². The van der Waals surface area contributed by atoms with Gasteiger partial charge in [0.05, 0.1) is 12.3 Å². The third-order valence-electron chi connectivity index (χ3n) is 1.77. The number of hydrogen-bond donors (Lipinski definition) is 1. The van der Waals surface area contributed by atoms with Crippen LogP contribution in [0.5, 0.6) is 0 Å². The number of rotatable bonds is 4. The second-order valence-electron chi connectivity index (χ2n) is 2.74. The Bertz CT molecular complexity index is 270. The highest BCUT2D eigenvalue weighted by atomic mass is 35.5. The van der Waals surface area contributed by atoms with E-state index in [0.29, 0.717) is 24.3 Å². The number of halogens is 2. The lowest BCUT2D eigenvalue weighted by Crippen LogP contribution is -2.01. The number of aliphatic hydroxyl groups is 1. The Balaban J connectivity index is 2.65. The molecule has 0 amide bonds. The number of nitrogens with zero attached hydrogens (tertiary/aromatic N) is 1. The summed E-state index contributed by atoms with van der Waals surface area (Å²) < 4.78 is 13.0. The summed E-state index contributed by atoms with van der Waals surface area (Å²) in [4.78, 5) is 3.60. The average molecular weight is 204 g/mol. The van der Waals surface area contributed by atoms with Crippen molar-refractivity contribution in [2.75, 3.05) is 5.88 Å². The molecule has 72 valence electrons. The van der Waals surface area contributed by atoms with Crippen molar-refractivity contribution in [2.24, 2.45) is 0 Å². The van der Waals surface area contributed by atoms with Crippen LogP contribution in [-0.4, -0.2) is 16.0 Å². The van der Waals surface area contributed by atoms with Crippen molar-refractivity contribution < 1.29 is 9.50 Å². The zero-order chi connectivity index (χ0) is 9.68. The van der Waals surface area contributed by atoms with Crippen molar-refractivity contribution >= 4 is 11.6 Å². The minimum absolute atomic E-state index is 0.292. The molecule has 0 spiro atoms. The molecule has 0 aliphatic rings. The first-order chi connectivity index (χ1) is 6.25. The van der Waals surface area contributed by atoms with Crippen molar-refractivity contribution in [3.05, 3.63) is 29.8 Å². The Hall–Kier alpha value is -0.670. The van der Waals surface area contributed by atoms with Gasteiger partial charge in [0.15, 0.2) is 0 Å². The summed E-state index contributed by atoms with van der Waals surface area (Å²) in [6.07, 6.45) is 2.93. The summed E-state index contributed by atoms with van der Waals surface area (Å²) in [6.45, 7) is 0. The minimum Gasteiger partial charge on any atom is -0.388 e. The van der Waals surface area contributed by atoms with E-state index in [1.54, 1.807) is 0 Å². The summed E-state index contributed by atoms with van der Waals surface area (Å²) in [7, 11) is 0. The maximum Gasteiger partial charge on any atom is 0.147 e. The van der Waals surface area contributed by atoms with Crippen LogP contribution < -0.4 is 0 Å². The summed E-state index contributed by atoms with van der Waals surface area (Å²) >= 11 is 5.46. The van der Waals surface area contributed by atoms with Crippen LogP contribution in [0.15, 0.2) is 18.5 Å². The van der Waals surface area contributed by atoms with E-state index in [2.05, 4.69) is 4.98 Å². The lowest BCUT2D eigenvalue weighted by atomic mass is 10.1. The molecule has 4 heteroatoms. The van der Waals surface area contributed by atoms with Crippen molar-refractivity contribution in [3.63, 3.8) is 0 Å². The SMILES string of the molecule is OC(CCCCl)c1ccncc1F. The van der Waals surface area contributed by atoms with Crippen LogP contribution in [0.4, 0.5) is 4.39 Å². The predicted octanol–water partition coefficient (Wildman–Crippen LogP) is 2.27. The molecular weight excluding hydrogens is 193 g/mol. The molecule has 0 saturated heterocycles. The monoisotopic (exact) mass is 203 g/mol. The molecule has 13 heavy (non-hydrogen) atoms. The van der Waals surface area contributed by atoms with Crippen LogP contribution in [0.25, 0.3) is 0 Å². The Kier molecular flexibility index (Phi) is 4.12. The van der Waals surface area contributed by atoms with Crippen LogP contribution in [0, 0.1) is 5.82 Å². The summed E-state index contributed by atoms with van der Waals surface area (Å²) in [5, 5.41) is 9.51. The lowest BCUT2D eigenvalue weighted by Gasteiger charge is -2.09. The van der Waals surface area contributed by atoms with Crippen LogP contribution >= 0.6 is 11.6 Å². The number of aliphatic hydroxyl groups excluding tert-OH is 1. The van der Waals surface area contributed by atoms with Gasteiger partial charge in [-0.2, -0.15) is 0 Å². The van der Waals surface area contributed by atoms with Gasteiger partial charge in [0, 0.05) is 17.6 Å². The quantitative estimate of drug-likeness (QED) is 0.762. The van der Waals surface area contributed by atoms with Gasteiger partial charge in [-0.05, 0) is 18.9 Å². The standard InChI is InChI=1S/C9H11ClFNO/c10-4-1-2-9(13)7-3-5-12-6-8(7)11/h3,5-6,9,13H,1-2,4H2. The number of pyridine rings is 1. The van der Waals surface area contributed by atoms with Crippen molar-refractivity contribution in [1.29, 1.82) is 0 Å². The third kappa shape index (κ3) is 2.94. The minimum atomic E-state index is -0.776. The summed E-state index contributed by atoms with van der Waals surface area (Å²) in [5.74, 6) is 0.00797. The fourth-order valence-electron chi connectivity index (χ4n) is 1.08. The molecule has 1 unspecified atom stereocenters. The van der Waals surface area contributed by atoms with E-state index in [4.69, 9.17) is 11.6 Å². The molecule has 0 aliphatic heterocycles. The summed E-state index contributed by atoms with van der Waals surface area (Å²) in [6, 6.07) is 1.48. The number of hydrogen-bond acceptors (Lipinski definition) is 2. The molecule has 0 radical (unpaired) electrons. The first-order valence-corrected chi connectivity index (χ1v) is 4.62. The second kappa shape index (κ2) is 5.14. The fraction of sp³-hybridized carbons (Fsp3) is 0.444. The Morgan fingerprint density at radius 1 is 1.62 bits per heavy atom. The molecule has 1 aromatic rings. The Morgan fingerprint density at radius 2 is 2.38 bits per heavy atom. The van der Waals surface area contributed by atoms with Crippen molar-refractivity contribution in [2.45, 2.75) is 18.9 Å². The van der Waals surface area contributed by atoms with E-state index in [-0.39, 0.29) is 0 Å². The van der Waals surface area contributed by atoms with Crippen LogP contribution in [0.3, 0.4) is 0 Å². The molecule has 1 N–H and O–H groups in total. The van der Waals surface area contributed by atoms with Gasteiger partial charge in [-0.15, -0.1) is 11.6 Å². The highest BCUT2D eigenvalue weighted by Gasteiger charge is 2.11. The van der Waals surface area contributed by atoms with Gasteiger partial charge < -0.3 is 5.11 Å². The van der Waals surface area contributed by atoms with E-state index >= 15 is 0 Å². The van der Waals surface area contributed by atoms with Gasteiger partial charge in [-0.3, -0.25) is 4.98 Å². The Morgan fingerprint density at radius 3 is 3.00 bits per heavy atom. The molecule has 0 saturated carbocycles. The van der Waals surface area contributed by atoms with E-state index in [9.17, 15) is 9.50 Å². The van der Waals surface area contributed by atoms with E-state index in [0.717, 1.165) is 6.20 Å². The van der Waals surface area contributed by atoms with Gasteiger partial charge in [-0.1, -0.05) is 0 Å². The number of aromatic nitrogens is 1. The van der Waals surface area contributed by atoms with Gasteiger partial charge in [0.2, 0.25) is 0 Å². The molecular formula is C9H11ClFNO. The first-order valence-electron chi connectivity index (χ1n) is 4.09. The van der Waals surface area contributed by atoms with Gasteiger partial charge >= 0.3 is 0 Å². The van der Waals surface area contributed by atoms with Gasteiger partial charge in [-0.25, -0.2) is 4.39 Å². The molecule has 1 atom stereocenters. The summed E-state index contributed by atoms with van der Waals surface area (Å²) in [5.41, 5.74) is 0.292. The van der Waals surface area contributed by atoms with Crippen LogP contribution in [0.2, 0.25) is 0 Å². The van der Waals surface area contributed by atoms with Crippen molar-refractivity contribution in [3.8, 4) is 0 Å². The molecule has 1 rings (SSSR count). The van der Waals surface area contributed by atoms with Gasteiger partial charge in [0.25, 0.3) is 0 Å². The molecule has 0 aromatic carbocycles. The van der Waals surface area contributed by atoms with Crippen LogP contribution in [-0.2, 0) is 0 Å². The smallest absolute Gasteiger partial charge is 0.147 e. The fourth-order valence-corrected chi connectivity index (χ4v) is 1.24. The molecule has 1 heterocycles. The van der Waals surface area contributed by atoms with E-state index in [1.165, 1.54) is 12.3 Å². The second-order valence-corrected chi connectivity index (χ2v) is 3.12. The largest absolute Gasteiger partial charge is 0.388 e. The molecule has 1 aromatic heterocycles. The lowest BCUT2D eigenvalue weighted by molar-refractivity contribution is 0.162. The Labute approximate surface area is 81.4 Å². The van der Waals surface area contributed by atoms with E-state index < -0.39 is 11.9 Å². The molecule has 2 nitrogen and oxygen atoms in total. The maximum absolute atomic E-state index is 13.0. The normalized spacial score (nSPS) is 12.8.